The van der Waals surface area contributed by atoms with Crippen molar-refractivity contribution < 1.29 is 14.7 Å². The number of aromatic hydroxyl groups is 1. The van der Waals surface area contributed by atoms with Crippen molar-refractivity contribution in [2.24, 2.45) is 0 Å². The van der Waals surface area contributed by atoms with Crippen LogP contribution < -0.4 is 5.56 Å². The number of benzene rings is 2. The van der Waals surface area contributed by atoms with Crippen molar-refractivity contribution in [3.63, 3.8) is 0 Å². The average Bonchev–Trinajstić information content (AvgIpc) is 3.17. The van der Waals surface area contributed by atoms with Crippen LogP contribution in [-0.2, 0) is 6.54 Å². The minimum atomic E-state index is -0.634. The number of H-pyrrole nitrogens is 1. The lowest BCUT2D eigenvalue weighted by Gasteiger charge is -2.27. The van der Waals surface area contributed by atoms with Gasteiger partial charge in [0.2, 0.25) is 5.75 Å². The second-order valence-corrected chi connectivity index (χ2v) is 8.71. The molecule has 1 aliphatic heterocycles. The molecule has 1 fully saturated rings. The lowest BCUT2D eigenvalue weighted by molar-refractivity contribution is 0.101. The molecule has 8 heteroatoms. The molecule has 1 saturated heterocycles. The standard InChI is InChI=1S/C27H26N4O4/c1-17(2)31-24(15-30(27(31)35)14-23-25(33)26(34)29-16-28-23)22-12-8-20(9-13-22)5-4-19-6-10-21(11-7-19)18(3)32/h6-13,16-17,24,33H,14-15H2,1-3H3,(H,28,29,34). The summed E-state index contributed by atoms with van der Waals surface area (Å²) in [5.41, 5.74) is 2.80. The molecule has 0 saturated carbocycles. The number of nitrogens with zero attached hydrogens (tertiary/aromatic N) is 3. The summed E-state index contributed by atoms with van der Waals surface area (Å²) in [6.07, 6.45) is 1.22. The Balaban J connectivity index is 1.52. The van der Waals surface area contributed by atoms with E-state index in [9.17, 15) is 19.5 Å². The molecule has 0 aliphatic carbocycles. The van der Waals surface area contributed by atoms with E-state index in [-0.39, 0.29) is 36.1 Å². The van der Waals surface area contributed by atoms with Gasteiger partial charge in [0.25, 0.3) is 5.56 Å². The molecule has 1 aliphatic rings. The lowest BCUT2D eigenvalue weighted by Crippen LogP contribution is -2.37. The Labute approximate surface area is 203 Å². The summed E-state index contributed by atoms with van der Waals surface area (Å²) in [5, 5.41) is 10.0. The molecule has 2 N–H and O–H groups in total. The average molecular weight is 471 g/mol. The smallest absolute Gasteiger partial charge is 0.321 e. The second-order valence-electron chi connectivity index (χ2n) is 8.71. The largest absolute Gasteiger partial charge is 0.502 e. The normalized spacial score (nSPS) is 15.3. The van der Waals surface area contributed by atoms with E-state index in [2.05, 4.69) is 21.8 Å². The van der Waals surface area contributed by atoms with Gasteiger partial charge < -0.3 is 19.9 Å². The zero-order chi connectivity index (χ0) is 25.1. The first-order valence-electron chi connectivity index (χ1n) is 11.3. The number of carbonyl (C=O) groups is 2. The molecule has 4 rings (SSSR count). The van der Waals surface area contributed by atoms with Gasteiger partial charge >= 0.3 is 6.03 Å². The van der Waals surface area contributed by atoms with E-state index >= 15 is 0 Å². The molecule has 0 radical (unpaired) electrons. The maximum absolute atomic E-state index is 13.1. The summed E-state index contributed by atoms with van der Waals surface area (Å²) in [6.45, 7) is 5.88. The Morgan fingerprint density at radius 2 is 1.69 bits per heavy atom. The molecule has 0 spiro atoms. The van der Waals surface area contributed by atoms with Gasteiger partial charge in [-0.15, -0.1) is 0 Å². The highest BCUT2D eigenvalue weighted by Crippen LogP contribution is 2.32. The number of Topliss-reactive ketones (excluding diaryl/α,β-unsaturated/α-hetero) is 1. The number of hydrogen-bond acceptors (Lipinski definition) is 5. The van der Waals surface area contributed by atoms with Gasteiger partial charge in [-0.05, 0) is 50.6 Å². The predicted octanol–water partition coefficient (Wildman–Crippen LogP) is 3.47. The molecule has 1 unspecified atom stereocenters. The fraction of sp³-hybridized carbons (Fsp3) is 0.259. The van der Waals surface area contributed by atoms with E-state index < -0.39 is 11.3 Å². The highest BCUT2D eigenvalue weighted by atomic mass is 16.3. The van der Waals surface area contributed by atoms with Gasteiger partial charge in [-0.1, -0.05) is 36.1 Å². The Morgan fingerprint density at radius 1 is 1.09 bits per heavy atom. The molecule has 2 aromatic carbocycles. The van der Waals surface area contributed by atoms with Crippen molar-refractivity contribution >= 4 is 11.8 Å². The Morgan fingerprint density at radius 3 is 2.26 bits per heavy atom. The Hall–Kier alpha value is -4.38. The Bertz CT molecular complexity index is 1370. The predicted molar refractivity (Wildman–Crippen MR) is 131 cm³/mol. The van der Waals surface area contributed by atoms with E-state index in [0.29, 0.717) is 12.1 Å². The van der Waals surface area contributed by atoms with E-state index in [1.54, 1.807) is 21.9 Å². The molecule has 2 amide bonds. The summed E-state index contributed by atoms with van der Waals surface area (Å²) in [6, 6.07) is 14.5. The van der Waals surface area contributed by atoms with Crippen LogP contribution in [0.15, 0.2) is 59.7 Å². The van der Waals surface area contributed by atoms with Crippen LogP contribution in [0.4, 0.5) is 4.79 Å². The van der Waals surface area contributed by atoms with Crippen LogP contribution in [0.25, 0.3) is 0 Å². The van der Waals surface area contributed by atoms with E-state index in [1.165, 1.54) is 13.3 Å². The minimum absolute atomic E-state index is 0.0185. The molecule has 1 atom stereocenters. The number of amides is 2. The summed E-state index contributed by atoms with van der Waals surface area (Å²) < 4.78 is 0. The van der Waals surface area contributed by atoms with Crippen LogP contribution in [0.2, 0.25) is 0 Å². The summed E-state index contributed by atoms with van der Waals surface area (Å²) >= 11 is 0. The monoisotopic (exact) mass is 470 g/mol. The number of carbonyl (C=O) groups excluding carboxylic acids is 2. The molecule has 0 bridgehead atoms. The highest BCUT2D eigenvalue weighted by molar-refractivity contribution is 5.94. The maximum Gasteiger partial charge on any atom is 0.321 e. The van der Waals surface area contributed by atoms with Gasteiger partial charge in [-0.3, -0.25) is 9.59 Å². The van der Waals surface area contributed by atoms with Crippen LogP contribution >= 0.6 is 0 Å². The first-order valence-corrected chi connectivity index (χ1v) is 11.3. The number of hydrogen-bond donors (Lipinski definition) is 2. The molecular weight excluding hydrogens is 444 g/mol. The minimum Gasteiger partial charge on any atom is -0.502 e. The van der Waals surface area contributed by atoms with Crippen molar-refractivity contribution in [2.45, 2.75) is 39.4 Å². The van der Waals surface area contributed by atoms with Gasteiger partial charge in [0.15, 0.2) is 5.78 Å². The zero-order valence-corrected chi connectivity index (χ0v) is 19.8. The number of aromatic amines is 1. The highest BCUT2D eigenvalue weighted by Gasteiger charge is 2.39. The van der Waals surface area contributed by atoms with Crippen LogP contribution in [0.1, 0.15) is 59.6 Å². The first-order chi connectivity index (χ1) is 16.7. The van der Waals surface area contributed by atoms with E-state index in [1.807, 2.05) is 50.2 Å². The van der Waals surface area contributed by atoms with Crippen LogP contribution in [0, 0.1) is 11.8 Å². The fourth-order valence-electron chi connectivity index (χ4n) is 4.10. The van der Waals surface area contributed by atoms with Gasteiger partial charge in [0.1, 0.15) is 5.69 Å². The SMILES string of the molecule is CC(=O)c1ccc(C#Cc2ccc(C3CN(Cc4nc[nH]c(=O)c4O)C(=O)N3C(C)C)cc2)cc1. The quantitative estimate of drug-likeness (QED) is 0.439. The third-order valence-corrected chi connectivity index (χ3v) is 5.96. The second kappa shape index (κ2) is 9.85. The van der Waals surface area contributed by atoms with Gasteiger partial charge in [-0.2, -0.15) is 0 Å². The number of urea groups is 1. The number of nitrogens with one attached hydrogen (secondary N) is 1. The molecule has 3 aromatic rings. The topological polar surface area (TPSA) is 107 Å². The van der Waals surface area contributed by atoms with Crippen molar-refractivity contribution in [1.82, 2.24) is 19.8 Å². The number of ketones is 1. The maximum atomic E-state index is 13.1. The molecule has 8 nitrogen and oxygen atoms in total. The molecule has 178 valence electrons. The summed E-state index contributed by atoms with van der Waals surface area (Å²) in [4.78, 5) is 46.0. The molecule has 2 heterocycles. The molecular formula is C27H26N4O4. The Kier molecular flexibility index (Phi) is 6.69. The van der Waals surface area contributed by atoms with Crippen molar-refractivity contribution in [3.05, 3.63) is 93.2 Å². The summed E-state index contributed by atoms with van der Waals surface area (Å²) in [5.74, 6) is 5.78. The van der Waals surface area contributed by atoms with Gasteiger partial charge in [0, 0.05) is 29.3 Å². The van der Waals surface area contributed by atoms with Crippen LogP contribution in [0.3, 0.4) is 0 Å². The van der Waals surface area contributed by atoms with Gasteiger partial charge in [0.05, 0.1) is 18.9 Å². The molecule has 35 heavy (non-hydrogen) atoms. The number of rotatable bonds is 5. The van der Waals surface area contributed by atoms with E-state index in [0.717, 1.165) is 16.7 Å². The number of aromatic nitrogens is 2. The van der Waals surface area contributed by atoms with E-state index in [4.69, 9.17) is 0 Å². The lowest BCUT2D eigenvalue weighted by atomic mass is 10.0. The third-order valence-electron chi connectivity index (χ3n) is 5.96. The molecule has 1 aromatic heterocycles. The third kappa shape index (κ3) is 5.09. The first kappa shape index (κ1) is 23.8. The van der Waals surface area contributed by atoms with Gasteiger partial charge in [-0.25, -0.2) is 9.78 Å². The summed E-state index contributed by atoms with van der Waals surface area (Å²) in [7, 11) is 0. The zero-order valence-electron chi connectivity index (χ0n) is 19.8. The van der Waals surface area contributed by atoms with Crippen molar-refractivity contribution in [3.8, 4) is 17.6 Å². The van der Waals surface area contributed by atoms with Crippen LogP contribution in [-0.4, -0.2) is 49.3 Å². The van der Waals surface area contributed by atoms with Crippen LogP contribution in [0.5, 0.6) is 5.75 Å². The fourth-order valence-corrected chi connectivity index (χ4v) is 4.10. The van der Waals surface area contributed by atoms with Crippen molar-refractivity contribution in [1.29, 1.82) is 0 Å². The van der Waals surface area contributed by atoms with Crippen molar-refractivity contribution in [2.75, 3.05) is 6.54 Å².